The van der Waals surface area contributed by atoms with Gasteiger partial charge in [-0.25, -0.2) is 8.78 Å². The molecule has 1 aromatic carbocycles. The summed E-state index contributed by atoms with van der Waals surface area (Å²) in [5.41, 5.74) is 1.03. The average molecular weight is 224 g/mol. The quantitative estimate of drug-likeness (QED) is 0.721. The zero-order chi connectivity index (χ0) is 11.3. The van der Waals surface area contributed by atoms with E-state index in [1.54, 1.807) is 0 Å². The number of halogens is 2. The van der Waals surface area contributed by atoms with Gasteiger partial charge in [0.25, 0.3) is 0 Å². The molecule has 1 saturated heterocycles. The van der Waals surface area contributed by atoms with Gasteiger partial charge in [-0.2, -0.15) is 0 Å². The number of hydrogen-bond acceptors (Lipinski definition) is 2. The largest absolute Gasteiger partial charge is 0.360 e. The Kier molecular flexibility index (Phi) is 2.14. The Balaban J connectivity index is 2.13. The number of nitrogens with one attached hydrogen (secondary N) is 1. The van der Waals surface area contributed by atoms with Crippen LogP contribution in [-0.4, -0.2) is 25.2 Å². The summed E-state index contributed by atoms with van der Waals surface area (Å²) < 4.78 is 27.4. The van der Waals surface area contributed by atoms with Gasteiger partial charge in [-0.3, -0.25) is 0 Å². The van der Waals surface area contributed by atoms with Crippen LogP contribution in [-0.2, 0) is 6.42 Å². The zero-order valence-corrected chi connectivity index (χ0v) is 9.13. The lowest BCUT2D eigenvalue weighted by Crippen LogP contribution is -2.55. The van der Waals surface area contributed by atoms with Crippen LogP contribution < -0.4 is 10.2 Å². The number of fused-ring (bicyclic) bond motifs is 3. The van der Waals surface area contributed by atoms with E-state index < -0.39 is 0 Å². The van der Waals surface area contributed by atoms with Crippen molar-refractivity contribution in [1.29, 1.82) is 0 Å². The lowest BCUT2D eigenvalue weighted by atomic mass is 10.1. The van der Waals surface area contributed by atoms with Crippen LogP contribution in [0.4, 0.5) is 14.5 Å². The highest BCUT2D eigenvalue weighted by molar-refractivity contribution is 5.62. The summed E-state index contributed by atoms with van der Waals surface area (Å²) in [5, 5.41) is 3.29. The highest BCUT2D eigenvalue weighted by Crippen LogP contribution is 2.38. The molecule has 2 aliphatic rings. The molecule has 1 fully saturated rings. The van der Waals surface area contributed by atoms with Gasteiger partial charge in [0, 0.05) is 30.7 Å². The second kappa shape index (κ2) is 3.42. The first kappa shape index (κ1) is 10.0. The molecule has 2 atom stereocenters. The summed E-state index contributed by atoms with van der Waals surface area (Å²) >= 11 is 0. The van der Waals surface area contributed by atoms with Crippen molar-refractivity contribution in [2.75, 3.05) is 18.0 Å². The van der Waals surface area contributed by atoms with E-state index in [4.69, 9.17) is 0 Å². The molecule has 1 aromatic rings. The van der Waals surface area contributed by atoms with Crippen molar-refractivity contribution in [3.63, 3.8) is 0 Å². The van der Waals surface area contributed by atoms with Crippen LogP contribution in [0.15, 0.2) is 12.1 Å². The number of nitrogens with zero attached hydrogens (tertiary/aromatic N) is 1. The molecule has 2 heterocycles. The van der Waals surface area contributed by atoms with E-state index in [9.17, 15) is 8.78 Å². The molecule has 1 N–H and O–H groups in total. The van der Waals surface area contributed by atoms with Crippen molar-refractivity contribution >= 4 is 5.69 Å². The highest BCUT2D eigenvalue weighted by Gasteiger charge is 2.38. The Morgan fingerprint density at radius 1 is 1.25 bits per heavy atom. The Morgan fingerprint density at radius 3 is 2.81 bits per heavy atom. The molecule has 0 amide bonds. The maximum absolute atomic E-state index is 13.8. The van der Waals surface area contributed by atoms with Crippen LogP contribution in [0.5, 0.6) is 0 Å². The minimum Gasteiger partial charge on any atom is -0.360 e. The highest BCUT2D eigenvalue weighted by atomic mass is 19.1. The molecule has 0 aromatic heterocycles. The van der Waals surface area contributed by atoms with Crippen LogP contribution >= 0.6 is 0 Å². The van der Waals surface area contributed by atoms with Crippen molar-refractivity contribution in [3.05, 3.63) is 29.3 Å². The third-order valence-electron chi connectivity index (χ3n) is 3.56. The van der Waals surface area contributed by atoms with E-state index in [1.165, 1.54) is 12.1 Å². The van der Waals surface area contributed by atoms with Crippen molar-refractivity contribution in [2.24, 2.45) is 0 Å². The lowest BCUT2D eigenvalue weighted by Gasteiger charge is -2.38. The molecule has 2 nitrogen and oxygen atoms in total. The summed E-state index contributed by atoms with van der Waals surface area (Å²) in [6.45, 7) is 3.67. The van der Waals surface area contributed by atoms with Crippen molar-refractivity contribution in [3.8, 4) is 0 Å². The van der Waals surface area contributed by atoms with E-state index in [0.717, 1.165) is 13.1 Å². The SMILES string of the molecule is CC1CNCC2Cc3c(F)ccc(F)c3N12. The fourth-order valence-corrected chi connectivity index (χ4v) is 2.88. The molecule has 2 unspecified atom stereocenters. The molecule has 2 aliphatic heterocycles. The predicted molar refractivity (Wildman–Crippen MR) is 58.7 cm³/mol. The fraction of sp³-hybridized carbons (Fsp3) is 0.500. The molecule has 86 valence electrons. The monoisotopic (exact) mass is 224 g/mol. The number of rotatable bonds is 0. The fourth-order valence-electron chi connectivity index (χ4n) is 2.88. The average Bonchev–Trinajstić information content (AvgIpc) is 2.65. The Bertz CT molecular complexity index is 433. The normalized spacial score (nSPS) is 27.8. The van der Waals surface area contributed by atoms with Crippen molar-refractivity contribution in [1.82, 2.24) is 5.32 Å². The Morgan fingerprint density at radius 2 is 2.00 bits per heavy atom. The smallest absolute Gasteiger partial charge is 0.147 e. The Hall–Kier alpha value is -1.16. The van der Waals surface area contributed by atoms with Gasteiger partial charge in [0.05, 0.1) is 5.69 Å². The number of benzene rings is 1. The standard InChI is InChI=1S/C12H14F2N2/c1-7-5-15-6-8-4-9-10(13)2-3-11(14)12(9)16(7)8/h2-3,7-8,15H,4-6H2,1H3. The number of hydrogen-bond donors (Lipinski definition) is 1. The van der Waals surface area contributed by atoms with Gasteiger partial charge in [0.2, 0.25) is 0 Å². The van der Waals surface area contributed by atoms with Crippen molar-refractivity contribution in [2.45, 2.75) is 25.4 Å². The zero-order valence-electron chi connectivity index (χ0n) is 9.13. The third-order valence-corrected chi connectivity index (χ3v) is 3.56. The molecule has 0 aliphatic carbocycles. The summed E-state index contributed by atoms with van der Waals surface area (Å²) in [5.74, 6) is -0.578. The molecule has 0 radical (unpaired) electrons. The molecule has 0 spiro atoms. The molecule has 3 rings (SSSR count). The van der Waals surface area contributed by atoms with Gasteiger partial charge in [-0.15, -0.1) is 0 Å². The van der Waals surface area contributed by atoms with Crippen molar-refractivity contribution < 1.29 is 8.78 Å². The molecule has 0 saturated carbocycles. The van der Waals surface area contributed by atoms with E-state index in [0.29, 0.717) is 17.7 Å². The number of piperazine rings is 1. The van der Waals surface area contributed by atoms with E-state index >= 15 is 0 Å². The van der Waals surface area contributed by atoms with Crippen LogP contribution in [0, 0.1) is 11.6 Å². The molecular formula is C12H14F2N2. The molecule has 0 bridgehead atoms. The van der Waals surface area contributed by atoms with E-state index in [1.807, 2.05) is 11.8 Å². The van der Waals surface area contributed by atoms with E-state index in [2.05, 4.69) is 5.32 Å². The predicted octanol–water partition coefficient (Wildman–Crippen LogP) is 1.69. The first-order chi connectivity index (χ1) is 7.68. The van der Waals surface area contributed by atoms with Gasteiger partial charge in [0.15, 0.2) is 0 Å². The lowest BCUT2D eigenvalue weighted by molar-refractivity contribution is 0.425. The summed E-state index contributed by atoms with van der Waals surface area (Å²) in [4.78, 5) is 2.03. The van der Waals surface area contributed by atoms with Crippen LogP contribution in [0.1, 0.15) is 12.5 Å². The van der Waals surface area contributed by atoms with Crippen LogP contribution in [0.3, 0.4) is 0 Å². The number of anilines is 1. The van der Waals surface area contributed by atoms with Gasteiger partial charge in [0.1, 0.15) is 11.6 Å². The molecule has 16 heavy (non-hydrogen) atoms. The minimum atomic E-state index is -0.298. The topological polar surface area (TPSA) is 15.3 Å². The minimum absolute atomic E-state index is 0.199. The van der Waals surface area contributed by atoms with Crippen LogP contribution in [0.25, 0.3) is 0 Å². The maximum atomic E-state index is 13.8. The van der Waals surface area contributed by atoms with Gasteiger partial charge in [-0.05, 0) is 25.5 Å². The summed E-state index contributed by atoms with van der Waals surface area (Å²) in [6, 6.07) is 2.87. The van der Waals surface area contributed by atoms with Crippen LogP contribution in [0.2, 0.25) is 0 Å². The summed E-state index contributed by atoms with van der Waals surface area (Å²) in [6.07, 6.45) is 0.607. The second-order valence-electron chi connectivity index (χ2n) is 4.63. The summed E-state index contributed by atoms with van der Waals surface area (Å²) in [7, 11) is 0. The molecule has 4 heteroatoms. The van der Waals surface area contributed by atoms with E-state index in [-0.39, 0.29) is 23.7 Å². The maximum Gasteiger partial charge on any atom is 0.147 e. The Labute approximate surface area is 93.3 Å². The molecular weight excluding hydrogens is 210 g/mol. The first-order valence-electron chi connectivity index (χ1n) is 5.64. The van der Waals surface area contributed by atoms with Gasteiger partial charge >= 0.3 is 0 Å². The second-order valence-corrected chi connectivity index (χ2v) is 4.63. The van der Waals surface area contributed by atoms with Gasteiger partial charge < -0.3 is 10.2 Å². The first-order valence-corrected chi connectivity index (χ1v) is 5.64. The van der Waals surface area contributed by atoms with Gasteiger partial charge in [-0.1, -0.05) is 0 Å². The third kappa shape index (κ3) is 1.26.